The van der Waals surface area contributed by atoms with Gasteiger partial charge in [-0.1, -0.05) is 55.3 Å². The van der Waals surface area contributed by atoms with Crippen LogP contribution in [0.25, 0.3) is 11.4 Å². The van der Waals surface area contributed by atoms with Crippen molar-refractivity contribution in [2.24, 2.45) is 0 Å². The van der Waals surface area contributed by atoms with Crippen LogP contribution in [0.1, 0.15) is 56.7 Å². The second-order valence-electron chi connectivity index (χ2n) is 8.08. The zero-order valence-corrected chi connectivity index (χ0v) is 18.7. The fourth-order valence-corrected chi connectivity index (χ4v) is 4.93. The molecule has 0 bridgehead atoms. The van der Waals surface area contributed by atoms with E-state index in [4.69, 9.17) is 0 Å². The molecule has 1 aliphatic carbocycles. The Morgan fingerprint density at radius 2 is 1.81 bits per heavy atom. The molecular formula is C24H26F2N4OS. The van der Waals surface area contributed by atoms with Crippen LogP contribution in [0, 0.1) is 11.6 Å². The number of rotatable bonds is 7. The molecule has 1 N–H and O–H groups in total. The van der Waals surface area contributed by atoms with Gasteiger partial charge in [-0.3, -0.25) is 9.36 Å². The third-order valence-electron chi connectivity index (χ3n) is 5.80. The van der Waals surface area contributed by atoms with Crippen LogP contribution < -0.4 is 5.32 Å². The first-order valence-electron chi connectivity index (χ1n) is 10.9. The third kappa shape index (κ3) is 5.18. The monoisotopic (exact) mass is 456 g/mol. The smallest absolute Gasteiger partial charge is 0.230 e. The molecule has 8 heteroatoms. The van der Waals surface area contributed by atoms with E-state index in [0.717, 1.165) is 31.2 Å². The molecule has 1 amide bonds. The lowest BCUT2D eigenvalue weighted by Crippen LogP contribution is -2.28. The van der Waals surface area contributed by atoms with E-state index in [1.54, 1.807) is 30.3 Å². The van der Waals surface area contributed by atoms with Gasteiger partial charge in [-0.2, -0.15) is 0 Å². The quantitative estimate of drug-likeness (QED) is 0.464. The number of thioether (sulfide) groups is 1. The second-order valence-corrected chi connectivity index (χ2v) is 9.02. The van der Waals surface area contributed by atoms with Gasteiger partial charge in [-0.15, -0.1) is 10.2 Å². The molecule has 1 unspecified atom stereocenters. The number of carbonyl (C=O) groups excluding carboxylic acids is 1. The van der Waals surface area contributed by atoms with Crippen LogP contribution in [-0.4, -0.2) is 26.4 Å². The van der Waals surface area contributed by atoms with Crippen molar-refractivity contribution in [1.82, 2.24) is 20.1 Å². The third-order valence-corrected chi connectivity index (χ3v) is 6.74. The molecule has 1 aliphatic rings. The van der Waals surface area contributed by atoms with E-state index in [9.17, 15) is 13.6 Å². The van der Waals surface area contributed by atoms with Crippen LogP contribution in [0.5, 0.6) is 0 Å². The molecular weight excluding hydrogens is 430 g/mol. The van der Waals surface area contributed by atoms with E-state index in [0.29, 0.717) is 16.5 Å². The molecule has 0 radical (unpaired) electrons. The topological polar surface area (TPSA) is 59.8 Å². The minimum Gasteiger partial charge on any atom is -0.349 e. The summed E-state index contributed by atoms with van der Waals surface area (Å²) in [5.74, 6) is -0.127. The molecule has 1 fully saturated rings. The largest absolute Gasteiger partial charge is 0.349 e. The van der Waals surface area contributed by atoms with E-state index in [1.807, 2.05) is 11.5 Å². The van der Waals surface area contributed by atoms with Gasteiger partial charge in [-0.05, 0) is 49.6 Å². The summed E-state index contributed by atoms with van der Waals surface area (Å²) in [6.07, 6.45) is 5.39. The van der Waals surface area contributed by atoms with Gasteiger partial charge in [0.05, 0.1) is 17.4 Å². The highest BCUT2D eigenvalue weighted by Crippen LogP contribution is 2.36. The van der Waals surface area contributed by atoms with Crippen molar-refractivity contribution < 1.29 is 13.6 Å². The number of nitrogens with one attached hydrogen (secondary N) is 1. The molecule has 32 heavy (non-hydrogen) atoms. The summed E-state index contributed by atoms with van der Waals surface area (Å²) in [7, 11) is 0. The Morgan fingerprint density at radius 3 is 2.53 bits per heavy atom. The van der Waals surface area contributed by atoms with Gasteiger partial charge in [0.1, 0.15) is 11.6 Å². The predicted octanol–water partition coefficient (Wildman–Crippen LogP) is 5.70. The highest BCUT2D eigenvalue weighted by molar-refractivity contribution is 7.99. The van der Waals surface area contributed by atoms with Crippen LogP contribution >= 0.6 is 11.8 Å². The van der Waals surface area contributed by atoms with Crippen molar-refractivity contribution in [3.8, 4) is 11.4 Å². The Labute approximate surface area is 190 Å². The summed E-state index contributed by atoms with van der Waals surface area (Å²) in [4.78, 5) is 12.6. The summed E-state index contributed by atoms with van der Waals surface area (Å²) < 4.78 is 29.6. The Balaban J connectivity index is 1.50. The molecule has 2 aromatic carbocycles. The summed E-state index contributed by atoms with van der Waals surface area (Å²) in [5, 5.41) is 12.2. The van der Waals surface area contributed by atoms with Crippen molar-refractivity contribution in [3.63, 3.8) is 0 Å². The minimum atomic E-state index is -0.334. The van der Waals surface area contributed by atoms with Crippen molar-refractivity contribution in [3.05, 3.63) is 65.7 Å². The standard InChI is InChI=1S/C24H26F2N4OS/c1-16(17-11-13-18(25)14-12-17)27-22(31)15-32-24-29-28-23(20-9-5-6-10-21(20)26)30(24)19-7-3-2-4-8-19/h5-6,9-14,16,19H,2-4,7-8,15H2,1H3,(H,27,31). The van der Waals surface area contributed by atoms with Gasteiger partial charge >= 0.3 is 0 Å². The average Bonchev–Trinajstić information content (AvgIpc) is 3.22. The van der Waals surface area contributed by atoms with Crippen LogP contribution in [0.15, 0.2) is 53.7 Å². The number of halogens is 2. The summed E-state index contributed by atoms with van der Waals surface area (Å²) in [6, 6.07) is 12.6. The van der Waals surface area contributed by atoms with E-state index in [-0.39, 0.29) is 35.4 Å². The molecule has 5 nitrogen and oxygen atoms in total. The van der Waals surface area contributed by atoms with Crippen molar-refractivity contribution >= 4 is 17.7 Å². The summed E-state index contributed by atoms with van der Waals surface area (Å²) >= 11 is 1.30. The van der Waals surface area contributed by atoms with E-state index < -0.39 is 0 Å². The first kappa shape index (κ1) is 22.5. The molecule has 4 rings (SSSR count). The number of amides is 1. The number of nitrogens with zero attached hydrogens (tertiary/aromatic N) is 3. The highest BCUT2D eigenvalue weighted by atomic mass is 32.2. The maximum absolute atomic E-state index is 14.5. The Bertz CT molecular complexity index is 1060. The maximum atomic E-state index is 14.5. The Kier molecular flexibility index (Phi) is 7.19. The van der Waals surface area contributed by atoms with Crippen LogP contribution in [0.4, 0.5) is 8.78 Å². The lowest BCUT2D eigenvalue weighted by Gasteiger charge is -2.25. The first-order valence-corrected chi connectivity index (χ1v) is 11.9. The molecule has 1 saturated carbocycles. The minimum absolute atomic E-state index is 0.155. The average molecular weight is 457 g/mol. The van der Waals surface area contributed by atoms with Crippen molar-refractivity contribution in [2.75, 3.05) is 5.75 Å². The van der Waals surface area contributed by atoms with Crippen molar-refractivity contribution in [2.45, 2.75) is 56.3 Å². The van der Waals surface area contributed by atoms with Gasteiger partial charge in [0, 0.05) is 6.04 Å². The molecule has 1 heterocycles. The molecule has 0 saturated heterocycles. The van der Waals surface area contributed by atoms with Crippen LogP contribution in [-0.2, 0) is 4.79 Å². The van der Waals surface area contributed by atoms with E-state index in [1.165, 1.54) is 36.4 Å². The zero-order chi connectivity index (χ0) is 22.5. The molecule has 168 valence electrons. The lowest BCUT2D eigenvalue weighted by molar-refractivity contribution is -0.119. The molecule has 0 spiro atoms. The normalized spacial score (nSPS) is 15.5. The van der Waals surface area contributed by atoms with Crippen molar-refractivity contribution in [1.29, 1.82) is 0 Å². The fraction of sp³-hybridized carbons (Fsp3) is 0.375. The van der Waals surface area contributed by atoms with Gasteiger partial charge < -0.3 is 5.32 Å². The van der Waals surface area contributed by atoms with Crippen LogP contribution in [0.2, 0.25) is 0 Å². The lowest BCUT2D eigenvalue weighted by atomic mass is 9.95. The molecule has 1 aromatic heterocycles. The maximum Gasteiger partial charge on any atom is 0.230 e. The predicted molar refractivity (Wildman–Crippen MR) is 121 cm³/mol. The van der Waals surface area contributed by atoms with Gasteiger partial charge in [-0.25, -0.2) is 8.78 Å². The van der Waals surface area contributed by atoms with Gasteiger partial charge in [0.25, 0.3) is 0 Å². The fourth-order valence-electron chi connectivity index (χ4n) is 4.12. The van der Waals surface area contributed by atoms with E-state index >= 15 is 0 Å². The zero-order valence-electron chi connectivity index (χ0n) is 17.9. The Morgan fingerprint density at radius 1 is 1.09 bits per heavy atom. The first-order chi connectivity index (χ1) is 15.5. The molecule has 3 aromatic rings. The Hall–Kier alpha value is -2.74. The highest BCUT2D eigenvalue weighted by Gasteiger charge is 2.25. The van der Waals surface area contributed by atoms with Crippen LogP contribution in [0.3, 0.4) is 0 Å². The molecule has 0 aliphatic heterocycles. The summed E-state index contributed by atoms with van der Waals surface area (Å²) in [6.45, 7) is 1.86. The SMILES string of the molecule is CC(NC(=O)CSc1nnc(-c2ccccc2F)n1C1CCCCC1)c1ccc(F)cc1. The van der Waals surface area contributed by atoms with Gasteiger partial charge in [0.2, 0.25) is 5.91 Å². The van der Waals surface area contributed by atoms with E-state index in [2.05, 4.69) is 15.5 Å². The number of carbonyl (C=O) groups is 1. The van der Waals surface area contributed by atoms with Gasteiger partial charge in [0.15, 0.2) is 11.0 Å². The number of hydrogen-bond donors (Lipinski definition) is 1. The number of benzene rings is 2. The second kappa shape index (κ2) is 10.3. The number of hydrogen-bond acceptors (Lipinski definition) is 4. The summed E-state index contributed by atoms with van der Waals surface area (Å²) in [5.41, 5.74) is 1.25. The molecule has 1 atom stereocenters. The number of aromatic nitrogens is 3.